The molecule has 0 N–H and O–H groups in total. The van der Waals surface area contributed by atoms with Gasteiger partial charge in [-0.1, -0.05) is 50.1 Å². The Labute approximate surface area is 148 Å². The Morgan fingerprint density at radius 1 is 1.32 bits per heavy atom. The first-order valence-electron chi connectivity index (χ1n) is 7.23. The number of rotatable bonds is 3. The number of carbonyl (C=O) groups is 1. The summed E-state index contributed by atoms with van der Waals surface area (Å²) in [5, 5.41) is 0. The minimum atomic E-state index is -0.479. The molecule has 0 spiro atoms. The van der Waals surface area contributed by atoms with E-state index < -0.39 is 5.60 Å². The van der Waals surface area contributed by atoms with Crippen LogP contribution in [0.25, 0.3) is 0 Å². The van der Waals surface area contributed by atoms with Crippen molar-refractivity contribution in [1.82, 2.24) is 4.90 Å². The van der Waals surface area contributed by atoms with E-state index in [1.54, 1.807) is 4.90 Å². The van der Waals surface area contributed by atoms with Gasteiger partial charge >= 0.3 is 6.09 Å². The fourth-order valence-electron chi connectivity index (χ4n) is 2.18. The van der Waals surface area contributed by atoms with Crippen LogP contribution in [0.4, 0.5) is 4.79 Å². The van der Waals surface area contributed by atoms with Crippen molar-refractivity contribution in [3.05, 3.63) is 34.3 Å². The van der Waals surface area contributed by atoms with Crippen molar-refractivity contribution in [2.75, 3.05) is 13.1 Å². The third-order valence-electron chi connectivity index (χ3n) is 3.26. The van der Waals surface area contributed by atoms with Crippen LogP contribution in [-0.4, -0.2) is 40.6 Å². The van der Waals surface area contributed by atoms with Crippen LogP contribution in [-0.2, 0) is 16.1 Å². The molecule has 2 rings (SSSR count). The molecule has 0 bridgehead atoms. The van der Waals surface area contributed by atoms with E-state index in [0.717, 1.165) is 10.0 Å². The van der Waals surface area contributed by atoms with Crippen molar-refractivity contribution in [2.24, 2.45) is 0 Å². The highest BCUT2D eigenvalue weighted by Crippen LogP contribution is 2.25. The van der Waals surface area contributed by atoms with E-state index in [0.29, 0.717) is 19.7 Å². The predicted molar refractivity (Wildman–Crippen MR) is 93.2 cm³/mol. The number of benzene rings is 1. The first-order chi connectivity index (χ1) is 10.3. The SMILES string of the molecule is CC(C)(C)OC(=O)N1CC(Br)C(OCc2ccccc2Br)C1. The maximum atomic E-state index is 12.1. The molecule has 6 heteroatoms. The lowest BCUT2D eigenvalue weighted by molar-refractivity contribution is 0.0188. The lowest BCUT2D eigenvalue weighted by atomic mass is 10.2. The molecule has 2 atom stereocenters. The molecule has 1 heterocycles. The highest BCUT2D eigenvalue weighted by atomic mass is 79.9. The Kier molecular flexibility index (Phi) is 5.91. The maximum absolute atomic E-state index is 12.1. The topological polar surface area (TPSA) is 38.8 Å². The fraction of sp³-hybridized carbons (Fsp3) is 0.562. The third-order valence-corrected chi connectivity index (χ3v) is 4.91. The molecular weight excluding hydrogens is 414 g/mol. The van der Waals surface area contributed by atoms with Crippen LogP contribution in [0.1, 0.15) is 26.3 Å². The molecule has 122 valence electrons. The molecule has 1 fully saturated rings. The highest BCUT2D eigenvalue weighted by molar-refractivity contribution is 9.10. The molecule has 0 aromatic heterocycles. The van der Waals surface area contributed by atoms with Gasteiger partial charge < -0.3 is 14.4 Å². The van der Waals surface area contributed by atoms with Crippen LogP contribution in [0.3, 0.4) is 0 Å². The van der Waals surface area contributed by atoms with Gasteiger partial charge in [-0.25, -0.2) is 4.79 Å². The minimum absolute atomic E-state index is 0.0420. The summed E-state index contributed by atoms with van der Waals surface area (Å²) in [6, 6.07) is 7.97. The first-order valence-corrected chi connectivity index (χ1v) is 8.94. The van der Waals surface area contributed by atoms with E-state index >= 15 is 0 Å². The molecule has 1 aliphatic heterocycles. The van der Waals surface area contributed by atoms with Gasteiger partial charge in [0.1, 0.15) is 5.60 Å². The molecule has 0 saturated carbocycles. The predicted octanol–water partition coefficient (Wildman–Crippen LogP) is 4.35. The van der Waals surface area contributed by atoms with Gasteiger partial charge in [0.15, 0.2) is 0 Å². The average molecular weight is 435 g/mol. The number of hydrogen-bond donors (Lipinski definition) is 0. The van der Waals surface area contributed by atoms with Crippen molar-refractivity contribution in [3.63, 3.8) is 0 Å². The van der Waals surface area contributed by atoms with E-state index in [2.05, 4.69) is 31.9 Å². The lowest BCUT2D eigenvalue weighted by Gasteiger charge is -2.24. The van der Waals surface area contributed by atoms with Gasteiger partial charge in [0, 0.05) is 11.0 Å². The Bertz CT molecular complexity index is 530. The summed E-state index contributed by atoms with van der Waals surface area (Å²) in [6.07, 6.45) is -0.330. The second kappa shape index (κ2) is 7.32. The van der Waals surface area contributed by atoms with Crippen molar-refractivity contribution in [2.45, 2.75) is 43.9 Å². The van der Waals surface area contributed by atoms with E-state index in [4.69, 9.17) is 9.47 Å². The maximum Gasteiger partial charge on any atom is 0.410 e. The highest BCUT2D eigenvalue weighted by Gasteiger charge is 2.36. The standard InChI is InChI=1S/C16H21Br2NO3/c1-16(2,3)22-15(20)19-8-13(18)14(9-19)21-10-11-6-4-5-7-12(11)17/h4-7,13-14H,8-10H2,1-3H3. The molecule has 1 amide bonds. The van der Waals surface area contributed by atoms with Crippen LogP contribution in [0.5, 0.6) is 0 Å². The number of alkyl halides is 1. The van der Waals surface area contributed by atoms with Gasteiger partial charge in [-0.15, -0.1) is 0 Å². The van der Waals surface area contributed by atoms with Gasteiger partial charge in [0.2, 0.25) is 0 Å². The summed E-state index contributed by atoms with van der Waals surface area (Å²) in [6.45, 7) is 7.25. The Hall–Kier alpha value is -0.590. The number of carbonyl (C=O) groups excluding carboxylic acids is 1. The zero-order valence-electron chi connectivity index (χ0n) is 13.0. The van der Waals surface area contributed by atoms with Gasteiger partial charge in [0.25, 0.3) is 0 Å². The minimum Gasteiger partial charge on any atom is -0.444 e. The van der Waals surface area contributed by atoms with E-state index in [1.807, 2.05) is 45.0 Å². The first kappa shape index (κ1) is 17.8. The molecule has 0 radical (unpaired) electrons. The Balaban J connectivity index is 1.89. The van der Waals surface area contributed by atoms with E-state index in [1.165, 1.54) is 0 Å². The van der Waals surface area contributed by atoms with Crippen LogP contribution in [0.2, 0.25) is 0 Å². The van der Waals surface area contributed by atoms with Crippen molar-refractivity contribution >= 4 is 38.0 Å². The zero-order chi connectivity index (χ0) is 16.3. The number of ether oxygens (including phenoxy) is 2. The Morgan fingerprint density at radius 2 is 2.00 bits per heavy atom. The molecule has 1 aliphatic rings. The van der Waals surface area contributed by atoms with Crippen LogP contribution in [0, 0.1) is 0 Å². The van der Waals surface area contributed by atoms with E-state index in [9.17, 15) is 4.79 Å². The van der Waals surface area contributed by atoms with Gasteiger partial charge in [-0.05, 0) is 32.4 Å². The largest absolute Gasteiger partial charge is 0.444 e. The van der Waals surface area contributed by atoms with Crippen LogP contribution < -0.4 is 0 Å². The summed E-state index contributed by atoms with van der Waals surface area (Å²) in [5.41, 5.74) is 0.616. The summed E-state index contributed by atoms with van der Waals surface area (Å²) < 4.78 is 12.4. The number of hydrogen-bond acceptors (Lipinski definition) is 3. The second-order valence-corrected chi connectivity index (χ2v) is 8.37. The van der Waals surface area contributed by atoms with Crippen molar-refractivity contribution in [3.8, 4) is 0 Å². The van der Waals surface area contributed by atoms with Crippen LogP contribution >= 0.6 is 31.9 Å². The monoisotopic (exact) mass is 433 g/mol. The van der Waals surface area contributed by atoms with Gasteiger partial charge in [-0.2, -0.15) is 0 Å². The second-order valence-electron chi connectivity index (χ2n) is 6.34. The summed E-state index contributed by atoms with van der Waals surface area (Å²) >= 11 is 7.11. The molecule has 22 heavy (non-hydrogen) atoms. The summed E-state index contributed by atoms with van der Waals surface area (Å²) in [5.74, 6) is 0. The number of halogens is 2. The summed E-state index contributed by atoms with van der Waals surface area (Å²) in [7, 11) is 0. The van der Waals surface area contributed by atoms with E-state index in [-0.39, 0.29) is 17.0 Å². The van der Waals surface area contributed by atoms with Gasteiger partial charge in [-0.3, -0.25) is 0 Å². The number of likely N-dealkylation sites (tertiary alicyclic amines) is 1. The number of nitrogens with zero attached hydrogens (tertiary/aromatic N) is 1. The molecule has 1 aromatic carbocycles. The molecule has 0 aliphatic carbocycles. The summed E-state index contributed by atoms with van der Waals surface area (Å²) in [4.78, 5) is 13.9. The zero-order valence-corrected chi connectivity index (χ0v) is 16.2. The normalized spacial score (nSPS) is 22.0. The molecule has 1 saturated heterocycles. The van der Waals surface area contributed by atoms with Gasteiger partial charge in [0.05, 0.1) is 24.1 Å². The number of amides is 1. The lowest BCUT2D eigenvalue weighted by Crippen LogP contribution is -2.36. The van der Waals surface area contributed by atoms with Crippen LogP contribution in [0.15, 0.2) is 28.7 Å². The molecule has 1 aromatic rings. The smallest absolute Gasteiger partial charge is 0.410 e. The quantitative estimate of drug-likeness (QED) is 0.663. The molecule has 2 unspecified atom stereocenters. The van der Waals surface area contributed by atoms with Crippen molar-refractivity contribution < 1.29 is 14.3 Å². The molecule has 4 nitrogen and oxygen atoms in total. The van der Waals surface area contributed by atoms with Crippen molar-refractivity contribution in [1.29, 1.82) is 0 Å². The average Bonchev–Trinajstić information content (AvgIpc) is 2.78. The fourth-order valence-corrected chi connectivity index (χ4v) is 3.25. The Morgan fingerprint density at radius 3 is 2.64 bits per heavy atom. The molecular formula is C16H21Br2NO3. The third kappa shape index (κ3) is 4.96.